The van der Waals surface area contributed by atoms with Crippen LogP contribution >= 0.6 is 0 Å². The van der Waals surface area contributed by atoms with Crippen LogP contribution in [0, 0.1) is 5.92 Å². The van der Waals surface area contributed by atoms with E-state index in [4.69, 9.17) is 0 Å². The van der Waals surface area contributed by atoms with E-state index in [1.807, 2.05) is 0 Å². The largest absolute Gasteiger partial charge is 0.393 e. The van der Waals surface area contributed by atoms with Crippen molar-refractivity contribution < 1.29 is 5.11 Å². The Morgan fingerprint density at radius 1 is 1.20 bits per heavy atom. The molecule has 15 heavy (non-hydrogen) atoms. The van der Waals surface area contributed by atoms with Crippen molar-refractivity contribution in [3.05, 3.63) is 0 Å². The molecule has 1 N–H and O–H groups in total. The van der Waals surface area contributed by atoms with Crippen molar-refractivity contribution in [2.45, 2.75) is 64.5 Å². The van der Waals surface area contributed by atoms with Gasteiger partial charge in [-0.05, 0) is 58.0 Å². The van der Waals surface area contributed by atoms with E-state index in [2.05, 4.69) is 25.8 Å². The van der Waals surface area contributed by atoms with Gasteiger partial charge in [0.25, 0.3) is 0 Å². The molecule has 1 aliphatic carbocycles. The third-order valence-corrected chi connectivity index (χ3v) is 3.58. The molecular weight excluding hydrogens is 186 g/mol. The first-order valence-electron chi connectivity index (χ1n) is 6.48. The number of rotatable bonds is 5. The highest BCUT2D eigenvalue weighted by Gasteiger charge is 2.22. The molecule has 0 aromatic carbocycles. The summed E-state index contributed by atoms with van der Waals surface area (Å²) >= 11 is 0. The summed E-state index contributed by atoms with van der Waals surface area (Å²) < 4.78 is 0. The second kappa shape index (κ2) is 6.49. The molecule has 0 amide bonds. The van der Waals surface area contributed by atoms with Gasteiger partial charge in [0.2, 0.25) is 0 Å². The van der Waals surface area contributed by atoms with Gasteiger partial charge in [-0.1, -0.05) is 13.8 Å². The molecule has 0 atom stereocenters. The predicted molar refractivity (Wildman–Crippen MR) is 65.0 cm³/mol. The summed E-state index contributed by atoms with van der Waals surface area (Å²) in [6.07, 6.45) is 6.98. The van der Waals surface area contributed by atoms with Crippen LogP contribution in [0.3, 0.4) is 0 Å². The summed E-state index contributed by atoms with van der Waals surface area (Å²) in [5, 5.41) is 9.44. The first-order chi connectivity index (χ1) is 7.09. The maximum Gasteiger partial charge on any atom is 0.0541 e. The van der Waals surface area contributed by atoms with E-state index in [1.54, 1.807) is 0 Å². The van der Waals surface area contributed by atoms with Crippen LogP contribution in [0.2, 0.25) is 0 Å². The molecule has 0 unspecified atom stereocenters. The first kappa shape index (κ1) is 13.0. The van der Waals surface area contributed by atoms with Gasteiger partial charge in [0.05, 0.1) is 6.10 Å². The van der Waals surface area contributed by atoms with E-state index < -0.39 is 0 Å². The second-order valence-corrected chi connectivity index (χ2v) is 5.48. The number of nitrogens with zero attached hydrogens (tertiary/aromatic N) is 1. The van der Waals surface area contributed by atoms with Crippen LogP contribution < -0.4 is 0 Å². The molecule has 2 nitrogen and oxygen atoms in total. The third-order valence-electron chi connectivity index (χ3n) is 3.58. The molecule has 1 fully saturated rings. The van der Waals surface area contributed by atoms with Gasteiger partial charge in [0, 0.05) is 6.04 Å². The van der Waals surface area contributed by atoms with Gasteiger partial charge in [-0.15, -0.1) is 0 Å². The molecule has 0 aromatic rings. The SMILES string of the molecule is CC(C)CCCN(C)C1CCC(O)CC1. The molecular formula is C13H27NO. The van der Waals surface area contributed by atoms with E-state index in [9.17, 15) is 5.11 Å². The van der Waals surface area contributed by atoms with Crippen LogP contribution in [0.25, 0.3) is 0 Å². The van der Waals surface area contributed by atoms with E-state index in [0.29, 0.717) is 0 Å². The zero-order valence-corrected chi connectivity index (χ0v) is 10.6. The average molecular weight is 213 g/mol. The molecule has 0 aromatic heterocycles. The Bertz CT molecular complexity index is 162. The van der Waals surface area contributed by atoms with Crippen LogP contribution in [0.1, 0.15) is 52.4 Å². The zero-order chi connectivity index (χ0) is 11.3. The third kappa shape index (κ3) is 4.98. The second-order valence-electron chi connectivity index (χ2n) is 5.48. The molecule has 0 radical (unpaired) electrons. The summed E-state index contributed by atoms with van der Waals surface area (Å²) in [7, 11) is 2.24. The fourth-order valence-corrected chi connectivity index (χ4v) is 2.43. The summed E-state index contributed by atoms with van der Waals surface area (Å²) in [6, 6.07) is 0.723. The van der Waals surface area contributed by atoms with Crippen molar-refractivity contribution in [2.24, 2.45) is 5.92 Å². The standard InChI is InChI=1S/C13H27NO/c1-11(2)5-4-10-14(3)12-6-8-13(15)9-7-12/h11-13,15H,4-10H2,1-3H3. The Balaban J connectivity index is 2.13. The monoisotopic (exact) mass is 213 g/mol. The molecule has 1 rings (SSSR count). The minimum atomic E-state index is -0.0229. The number of hydrogen-bond donors (Lipinski definition) is 1. The molecule has 0 heterocycles. The topological polar surface area (TPSA) is 23.5 Å². The first-order valence-corrected chi connectivity index (χ1v) is 6.48. The molecule has 0 spiro atoms. The lowest BCUT2D eigenvalue weighted by molar-refractivity contribution is 0.0834. The number of aliphatic hydroxyl groups is 1. The van der Waals surface area contributed by atoms with Crippen molar-refractivity contribution in [1.29, 1.82) is 0 Å². The van der Waals surface area contributed by atoms with Crippen molar-refractivity contribution in [1.82, 2.24) is 4.90 Å². The van der Waals surface area contributed by atoms with Crippen LogP contribution in [-0.4, -0.2) is 35.7 Å². The van der Waals surface area contributed by atoms with Gasteiger partial charge in [0.1, 0.15) is 0 Å². The lowest BCUT2D eigenvalue weighted by Crippen LogP contribution is -2.36. The van der Waals surface area contributed by atoms with Gasteiger partial charge in [-0.25, -0.2) is 0 Å². The van der Waals surface area contributed by atoms with E-state index in [0.717, 1.165) is 24.8 Å². The van der Waals surface area contributed by atoms with Crippen LogP contribution in [-0.2, 0) is 0 Å². The Hall–Kier alpha value is -0.0800. The Morgan fingerprint density at radius 2 is 1.80 bits per heavy atom. The smallest absolute Gasteiger partial charge is 0.0541 e. The minimum absolute atomic E-state index is 0.0229. The van der Waals surface area contributed by atoms with Gasteiger partial charge in [0.15, 0.2) is 0 Å². The number of aliphatic hydroxyl groups excluding tert-OH is 1. The lowest BCUT2D eigenvalue weighted by atomic mass is 9.92. The Labute approximate surface area is 94.7 Å². The highest BCUT2D eigenvalue weighted by Crippen LogP contribution is 2.22. The quantitative estimate of drug-likeness (QED) is 0.759. The number of hydrogen-bond acceptors (Lipinski definition) is 2. The van der Waals surface area contributed by atoms with E-state index >= 15 is 0 Å². The van der Waals surface area contributed by atoms with Gasteiger partial charge < -0.3 is 10.0 Å². The maximum atomic E-state index is 9.44. The normalized spacial score (nSPS) is 27.6. The Morgan fingerprint density at radius 3 is 2.33 bits per heavy atom. The fourth-order valence-electron chi connectivity index (χ4n) is 2.43. The highest BCUT2D eigenvalue weighted by atomic mass is 16.3. The molecule has 90 valence electrons. The van der Waals surface area contributed by atoms with Gasteiger partial charge in [-0.3, -0.25) is 0 Å². The van der Waals surface area contributed by atoms with Gasteiger partial charge >= 0.3 is 0 Å². The predicted octanol–water partition coefficient (Wildman–Crippen LogP) is 2.66. The molecule has 2 heteroatoms. The van der Waals surface area contributed by atoms with Crippen LogP contribution in [0.5, 0.6) is 0 Å². The lowest BCUT2D eigenvalue weighted by Gasteiger charge is -2.33. The maximum absolute atomic E-state index is 9.44. The van der Waals surface area contributed by atoms with Gasteiger partial charge in [-0.2, -0.15) is 0 Å². The summed E-state index contributed by atoms with van der Waals surface area (Å²) in [4.78, 5) is 2.49. The van der Waals surface area contributed by atoms with Crippen LogP contribution in [0.4, 0.5) is 0 Å². The molecule has 0 aliphatic heterocycles. The van der Waals surface area contributed by atoms with Crippen molar-refractivity contribution >= 4 is 0 Å². The van der Waals surface area contributed by atoms with E-state index in [-0.39, 0.29) is 6.10 Å². The Kier molecular flexibility index (Phi) is 5.62. The summed E-state index contributed by atoms with van der Waals surface area (Å²) in [5.41, 5.74) is 0. The zero-order valence-electron chi connectivity index (χ0n) is 10.6. The molecule has 1 aliphatic rings. The minimum Gasteiger partial charge on any atom is -0.393 e. The molecule has 0 bridgehead atoms. The average Bonchev–Trinajstić information content (AvgIpc) is 2.18. The van der Waals surface area contributed by atoms with Crippen molar-refractivity contribution in [3.8, 4) is 0 Å². The molecule has 0 saturated heterocycles. The molecule has 1 saturated carbocycles. The highest BCUT2D eigenvalue weighted by molar-refractivity contribution is 4.77. The summed E-state index contributed by atoms with van der Waals surface area (Å²) in [6.45, 7) is 5.80. The fraction of sp³-hybridized carbons (Fsp3) is 1.00. The van der Waals surface area contributed by atoms with Crippen molar-refractivity contribution in [3.63, 3.8) is 0 Å². The summed E-state index contributed by atoms with van der Waals surface area (Å²) in [5.74, 6) is 0.826. The van der Waals surface area contributed by atoms with Crippen LogP contribution in [0.15, 0.2) is 0 Å². The van der Waals surface area contributed by atoms with Crippen molar-refractivity contribution in [2.75, 3.05) is 13.6 Å². The van der Waals surface area contributed by atoms with E-state index in [1.165, 1.54) is 32.2 Å².